The van der Waals surface area contributed by atoms with E-state index in [0.717, 1.165) is 22.5 Å². The molecule has 0 fully saturated rings. The van der Waals surface area contributed by atoms with Crippen molar-refractivity contribution in [2.75, 3.05) is 5.32 Å². The number of amides is 1. The Bertz CT molecular complexity index is 922. The second-order valence-corrected chi connectivity index (χ2v) is 6.84. The second-order valence-electron chi connectivity index (χ2n) is 5.35. The first kappa shape index (κ1) is 18.0. The molecule has 3 rings (SSSR count). The highest BCUT2D eigenvalue weighted by Crippen LogP contribution is 2.35. The summed E-state index contributed by atoms with van der Waals surface area (Å²) < 4.78 is 5.14. The van der Waals surface area contributed by atoms with Crippen LogP contribution in [0.3, 0.4) is 0 Å². The van der Waals surface area contributed by atoms with Crippen molar-refractivity contribution in [3.05, 3.63) is 76.1 Å². The Kier molecular flexibility index (Phi) is 5.55. The molecule has 7 heteroatoms. The van der Waals surface area contributed by atoms with Crippen LogP contribution in [0.5, 0.6) is 0 Å². The Balaban J connectivity index is 1.74. The minimum atomic E-state index is -1.12. The molecule has 0 aliphatic rings. The maximum absolute atomic E-state index is 12.0. The lowest BCUT2D eigenvalue weighted by Crippen LogP contribution is -2.14. The third-order valence-electron chi connectivity index (χ3n) is 3.50. The molecule has 0 radical (unpaired) electrons. The number of carbonyl (C=O) groups is 2. The van der Waals surface area contributed by atoms with Crippen LogP contribution < -0.4 is 5.32 Å². The lowest BCUT2D eigenvalue weighted by atomic mass is 10.2. The van der Waals surface area contributed by atoms with Crippen LogP contribution >= 0.6 is 22.9 Å². The SMILES string of the molecule is O=C(Nc1cc(-c2ccc(Cl)cc2)sc1C(=O)O)OCc1ccccc1. The molecule has 3 aromatic rings. The van der Waals surface area contributed by atoms with Gasteiger partial charge in [-0.2, -0.15) is 0 Å². The standard InChI is InChI=1S/C19H14ClNO4S/c20-14-8-6-13(7-9-14)16-10-15(17(26-16)18(22)23)21-19(24)25-11-12-4-2-1-3-5-12/h1-10H,11H2,(H,21,24)(H,22,23). The van der Waals surface area contributed by atoms with Gasteiger partial charge < -0.3 is 9.84 Å². The van der Waals surface area contributed by atoms with Crippen LogP contribution in [0.1, 0.15) is 15.2 Å². The molecule has 0 bridgehead atoms. The molecule has 132 valence electrons. The van der Waals surface area contributed by atoms with E-state index in [-0.39, 0.29) is 17.2 Å². The summed E-state index contributed by atoms with van der Waals surface area (Å²) in [4.78, 5) is 24.2. The van der Waals surface area contributed by atoms with Crippen molar-refractivity contribution in [2.24, 2.45) is 0 Å². The molecule has 26 heavy (non-hydrogen) atoms. The zero-order valence-corrected chi connectivity index (χ0v) is 15.0. The average molecular weight is 388 g/mol. The van der Waals surface area contributed by atoms with Crippen LogP contribution in [0.4, 0.5) is 10.5 Å². The van der Waals surface area contributed by atoms with Gasteiger partial charge in [0.25, 0.3) is 0 Å². The zero-order valence-electron chi connectivity index (χ0n) is 13.4. The van der Waals surface area contributed by atoms with Gasteiger partial charge in [-0.15, -0.1) is 11.3 Å². The normalized spacial score (nSPS) is 10.3. The summed E-state index contributed by atoms with van der Waals surface area (Å²) in [5.41, 5.74) is 1.85. The number of hydrogen-bond acceptors (Lipinski definition) is 4. The van der Waals surface area contributed by atoms with Crippen LogP contribution in [-0.4, -0.2) is 17.2 Å². The van der Waals surface area contributed by atoms with Crippen molar-refractivity contribution in [3.63, 3.8) is 0 Å². The van der Waals surface area contributed by atoms with Crippen molar-refractivity contribution < 1.29 is 19.4 Å². The molecule has 1 amide bonds. The minimum Gasteiger partial charge on any atom is -0.477 e. The fraction of sp³-hybridized carbons (Fsp3) is 0.0526. The number of carboxylic acids is 1. The van der Waals surface area contributed by atoms with Crippen LogP contribution in [0, 0.1) is 0 Å². The van der Waals surface area contributed by atoms with Gasteiger partial charge in [-0.05, 0) is 29.3 Å². The van der Waals surface area contributed by atoms with Gasteiger partial charge in [0.2, 0.25) is 0 Å². The highest BCUT2D eigenvalue weighted by atomic mass is 35.5. The zero-order chi connectivity index (χ0) is 18.5. The second kappa shape index (κ2) is 8.03. The number of hydrogen-bond donors (Lipinski definition) is 2. The summed E-state index contributed by atoms with van der Waals surface area (Å²) in [5.74, 6) is -1.12. The highest BCUT2D eigenvalue weighted by Gasteiger charge is 2.18. The van der Waals surface area contributed by atoms with Crippen molar-refractivity contribution in [1.82, 2.24) is 0 Å². The average Bonchev–Trinajstić information content (AvgIpc) is 3.05. The van der Waals surface area contributed by atoms with Crippen molar-refractivity contribution >= 4 is 40.7 Å². The predicted octanol–water partition coefficient (Wildman–Crippen LogP) is 5.52. The highest BCUT2D eigenvalue weighted by molar-refractivity contribution is 7.18. The third-order valence-corrected chi connectivity index (χ3v) is 4.93. The molecule has 0 unspecified atom stereocenters. The van der Waals surface area contributed by atoms with E-state index in [1.165, 1.54) is 0 Å². The van der Waals surface area contributed by atoms with Crippen molar-refractivity contribution in [3.8, 4) is 10.4 Å². The Labute approximate surface area is 158 Å². The Morgan fingerprint density at radius 3 is 2.42 bits per heavy atom. The minimum absolute atomic E-state index is 0.0339. The Hall–Kier alpha value is -2.83. The first-order valence-corrected chi connectivity index (χ1v) is 8.83. The fourth-order valence-corrected chi connectivity index (χ4v) is 3.35. The molecule has 0 saturated heterocycles. The van der Waals surface area contributed by atoms with E-state index >= 15 is 0 Å². The predicted molar refractivity (Wildman–Crippen MR) is 102 cm³/mol. The number of carboxylic acid groups (broad SMARTS) is 1. The number of aromatic carboxylic acids is 1. The Morgan fingerprint density at radius 2 is 1.77 bits per heavy atom. The largest absolute Gasteiger partial charge is 0.477 e. The third kappa shape index (κ3) is 4.41. The number of nitrogens with one attached hydrogen (secondary N) is 1. The lowest BCUT2D eigenvalue weighted by molar-refractivity contribution is 0.0703. The molecule has 0 atom stereocenters. The van der Waals surface area contributed by atoms with E-state index in [2.05, 4.69) is 5.32 Å². The summed E-state index contributed by atoms with van der Waals surface area (Å²) in [7, 11) is 0. The maximum atomic E-state index is 12.0. The van der Waals surface area contributed by atoms with E-state index < -0.39 is 12.1 Å². The summed E-state index contributed by atoms with van der Waals surface area (Å²) in [6, 6.07) is 17.9. The smallest absolute Gasteiger partial charge is 0.412 e. The topological polar surface area (TPSA) is 75.6 Å². The lowest BCUT2D eigenvalue weighted by Gasteiger charge is -2.06. The van der Waals surface area contributed by atoms with Crippen molar-refractivity contribution in [1.29, 1.82) is 0 Å². The van der Waals surface area contributed by atoms with E-state index in [4.69, 9.17) is 16.3 Å². The first-order chi connectivity index (χ1) is 12.5. The van der Waals surface area contributed by atoms with Gasteiger partial charge in [0.1, 0.15) is 11.5 Å². The summed E-state index contributed by atoms with van der Waals surface area (Å²) in [6.45, 7) is 0.100. The van der Waals surface area contributed by atoms with Gasteiger partial charge in [0.15, 0.2) is 0 Å². The van der Waals surface area contributed by atoms with E-state index in [0.29, 0.717) is 9.90 Å². The van der Waals surface area contributed by atoms with Gasteiger partial charge in [-0.25, -0.2) is 9.59 Å². The quantitative estimate of drug-likeness (QED) is 0.604. The van der Waals surface area contributed by atoms with Crippen LogP contribution in [0.2, 0.25) is 5.02 Å². The molecule has 2 N–H and O–H groups in total. The first-order valence-electron chi connectivity index (χ1n) is 7.63. The molecule has 0 spiro atoms. The fourth-order valence-electron chi connectivity index (χ4n) is 2.27. The number of rotatable bonds is 5. The number of thiophene rings is 1. The number of carbonyl (C=O) groups excluding carboxylic acids is 1. The molecule has 0 aliphatic carbocycles. The van der Waals surface area contributed by atoms with Crippen LogP contribution in [-0.2, 0) is 11.3 Å². The number of ether oxygens (including phenoxy) is 1. The molecule has 0 saturated carbocycles. The van der Waals surface area contributed by atoms with E-state index in [1.54, 1.807) is 30.3 Å². The summed E-state index contributed by atoms with van der Waals surface area (Å²) >= 11 is 6.95. The van der Waals surface area contributed by atoms with E-state index in [1.807, 2.05) is 30.3 Å². The summed E-state index contributed by atoms with van der Waals surface area (Å²) in [5, 5.41) is 12.5. The van der Waals surface area contributed by atoms with Gasteiger partial charge in [0.05, 0.1) is 5.69 Å². The monoisotopic (exact) mass is 387 g/mol. The molecule has 1 aromatic heterocycles. The summed E-state index contributed by atoms with van der Waals surface area (Å²) in [6.07, 6.45) is -0.711. The van der Waals surface area contributed by atoms with Gasteiger partial charge in [-0.1, -0.05) is 54.1 Å². The van der Waals surface area contributed by atoms with Gasteiger partial charge in [0, 0.05) is 9.90 Å². The van der Waals surface area contributed by atoms with Gasteiger partial charge >= 0.3 is 12.1 Å². The van der Waals surface area contributed by atoms with Crippen LogP contribution in [0.25, 0.3) is 10.4 Å². The Morgan fingerprint density at radius 1 is 1.08 bits per heavy atom. The van der Waals surface area contributed by atoms with Gasteiger partial charge in [-0.3, -0.25) is 5.32 Å². The van der Waals surface area contributed by atoms with Crippen LogP contribution in [0.15, 0.2) is 60.7 Å². The molecular formula is C19H14ClNO4S. The maximum Gasteiger partial charge on any atom is 0.412 e. The van der Waals surface area contributed by atoms with Crippen molar-refractivity contribution in [2.45, 2.75) is 6.61 Å². The molecule has 2 aromatic carbocycles. The number of benzene rings is 2. The van der Waals surface area contributed by atoms with E-state index in [9.17, 15) is 14.7 Å². The molecule has 5 nitrogen and oxygen atoms in total. The number of halogens is 1. The molecule has 1 heterocycles. The molecule has 0 aliphatic heterocycles. The number of anilines is 1. The molecular weight excluding hydrogens is 374 g/mol.